The molecule has 0 saturated heterocycles. The smallest absolute Gasteiger partial charge is 0.631 e. The van der Waals surface area contributed by atoms with E-state index >= 15 is 0 Å². The Balaban J connectivity index is -0.00000512. The van der Waals surface area contributed by atoms with Crippen molar-refractivity contribution in [3.05, 3.63) is 0 Å². The van der Waals surface area contributed by atoms with Crippen molar-refractivity contribution in [1.82, 2.24) is 31.5 Å². The zero-order valence-corrected chi connectivity index (χ0v) is 26.4. The van der Waals surface area contributed by atoms with Crippen LogP contribution >= 0.6 is 15.9 Å². The molecule has 0 spiro atoms. The molecule has 35 heavy (non-hydrogen) atoms. The predicted molar refractivity (Wildman–Crippen MR) is 119 cm³/mol. The summed E-state index contributed by atoms with van der Waals surface area (Å²) in [6.45, 7) is 4.23. The Hall–Kier alpha value is 0.910. The van der Waals surface area contributed by atoms with Crippen molar-refractivity contribution >= 4 is 33.6 Å². The second-order valence-electron chi connectivity index (χ2n) is 7.09. The molecule has 0 aliphatic heterocycles. The van der Waals surface area contributed by atoms with E-state index in [1.165, 1.54) is 0 Å². The van der Waals surface area contributed by atoms with Gasteiger partial charge in [-0.05, 0) is 6.54 Å². The van der Waals surface area contributed by atoms with Gasteiger partial charge in [0.2, 0.25) is 33.6 Å². The molecule has 15 nitrogen and oxygen atoms in total. The second-order valence-corrected chi connectivity index (χ2v) is 10.3. The Morgan fingerprint density at radius 1 is 0.686 bits per heavy atom. The second kappa shape index (κ2) is 22.9. The molecule has 194 valence electrons. The summed E-state index contributed by atoms with van der Waals surface area (Å²) in [7, 11) is -9.24. The van der Waals surface area contributed by atoms with Gasteiger partial charge in [-0.3, -0.25) is 14.4 Å². The molecule has 0 heterocycles. The van der Waals surface area contributed by atoms with E-state index in [4.69, 9.17) is 19.6 Å². The van der Waals surface area contributed by atoms with Crippen LogP contribution in [-0.4, -0.2) is 107 Å². The molecule has 9 N–H and O–H groups in total. The van der Waals surface area contributed by atoms with Crippen molar-refractivity contribution in [2.24, 2.45) is 0 Å². The minimum absolute atomic E-state index is 0. The fourth-order valence-corrected chi connectivity index (χ4v) is 4.10. The first-order valence-electron chi connectivity index (χ1n) is 10.4. The molecule has 19 heteroatoms. The third kappa shape index (κ3) is 29.3. The molecule has 0 aromatic carbocycles. The van der Waals surface area contributed by atoms with E-state index < -0.39 is 40.9 Å². The average Bonchev–Trinajstić information content (AvgIpc) is 2.65. The Morgan fingerprint density at radius 3 is 1.51 bits per heavy atom. The molecule has 0 aliphatic carbocycles. The van der Waals surface area contributed by atoms with Crippen molar-refractivity contribution in [3.63, 3.8) is 0 Å². The summed E-state index contributed by atoms with van der Waals surface area (Å²) in [5, 5.41) is 13.8. The maximum atomic E-state index is 11.8. The maximum absolute atomic E-state index is 11.8. The molecule has 0 rings (SSSR count). The summed E-state index contributed by atoms with van der Waals surface area (Å²) in [5.41, 5.74) is 0. The van der Waals surface area contributed by atoms with Crippen molar-refractivity contribution in [1.29, 1.82) is 0 Å². The number of hydrogen-bond donors (Lipinski definition) is 9. The molecule has 0 aromatic rings. The van der Waals surface area contributed by atoms with Crippen LogP contribution in [0.15, 0.2) is 0 Å². The van der Waals surface area contributed by atoms with E-state index in [0.717, 1.165) is 6.54 Å². The zero-order valence-electron chi connectivity index (χ0n) is 20.7. The number of carbonyl (C=O) groups excluding carboxylic acids is 3. The zero-order chi connectivity index (χ0) is 25.3. The number of carbonyl (C=O) groups is 3. The van der Waals surface area contributed by atoms with Crippen LogP contribution in [0.1, 0.15) is 19.8 Å². The van der Waals surface area contributed by atoms with Gasteiger partial charge in [-0.15, -0.1) is 0 Å². The minimum atomic E-state index is -4.62. The number of nitrogens with zero attached hydrogens (tertiary/aromatic N) is 1. The van der Waals surface area contributed by atoms with Gasteiger partial charge in [0.15, 0.2) is 12.6 Å². The van der Waals surface area contributed by atoms with Crippen LogP contribution in [0.25, 0.3) is 0 Å². The monoisotopic (exact) mass is 564 g/mol. The Bertz CT molecular complexity index is 585. The largest absolute Gasteiger partial charge is 1.00 e. The van der Waals surface area contributed by atoms with Gasteiger partial charge in [-0.1, -0.05) is 6.92 Å². The molecule has 0 bridgehead atoms. The standard InChI is InChI=1S/C16H36N6O9P2.2Na/c1-2-17-5-3-14(23)19-8-7-18-6-4-15(24)20-9-10-21-16(25)11-22(12-32(26,27)28)13-33(29,30)31;;/h17-18H,2-13H2,1H3,(H,19,23)(H,20,24)(H,21,25)(H2,26,27,28)(H2,29,30,31);;/q;2*+1. The maximum Gasteiger partial charge on any atom is 1.00 e. The predicted octanol–water partition coefficient (Wildman–Crippen LogP) is -11.2. The molecule has 0 radical (unpaired) electrons. The molecule has 0 fully saturated rings. The molecular formula is C16H36N6Na2O9P2+2. The first-order chi connectivity index (χ1) is 15.3. The van der Waals surface area contributed by atoms with Crippen molar-refractivity contribution in [2.75, 3.05) is 64.9 Å². The summed E-state index contributed by atoms with van der Waals surface area (Å²) in [5.74, 6) is -1.03. The molecule has 0 aliphatic rings. The van der Waals surface area contributed by atoms with Crippen molar-refractivity contribution < 1.29 is 103 Å². The van der Waals surface area contributed by atoms with Crippen LogP contribution < -0.4 is 95.5 Å². The van der Waals surface area contributed by atoms with Gasteiger partial charge in [0.25, 0.3) is 0 Å². The van der Waals surface area contributed by atoms with Gasteiger partial charge in [-0.2, -0.15) is 0 Å². The fourth-order valence-electron chi connectivity index (χ4n) is 2.50. The molecule has 0 atom stereocenters. The summed E-state index contributed by atoms with van der Waals surface area (Å²) >= 11 is 0. The Labute approximate surface area is 250 Å². The van der Waals surface area contributed by atoms with Crippen molar-refractivity contribution in [2.45, 2.75) is 19.8 Å². The number of rotatable bonds is 19. The number of hydrogen-bond acceptors (Lipinski definition) is 12. The van der Waals surface area contributed by atoms with Crippen LogP contribution in [0.3, 0.4) is 0 Å². The van der Waals surface area contributed by atoms with Gasteiger partial charge in [0.1, 0.15) is 0 Å². The van der Waals surface area contributed by atoms with Gasteiger partial charge in [-0.25, -0.2) is 24.5 Å². The summed E-state index contributed by atoms with van der Waals surface area (Å²) in [6, 6.07) is 0. The number of amides is 3. The first kappa shape index (κ1) is 40.4. The van der Waals surface area contributed by atoms with Crippen LogP contribution in [0.5, 0.6) is 0 Å². The van der Waals surface area contributed by atoms with E-state index in [-0.39, 0.29) is 90.4 Å². The molecular weight excluding hydrogens is 528 g/mol. The van der Waals surface area contributed by atoms with Gasteiger partial charge in [0, 0.05) is 52.1 Å². The SMILES string of the molecule is CCNCCC(=O)NCCNCCC(=O)NCCNC(=O)CN(C[P+]([O-])(O)O)C[P+]([O-])(O)O.[Na+].[Na+]. The fraction of sp³-hybridized carbons (Fsp3) is 0.812. The van der Waals surface area contributed by atoms with Crippen LogP contribution in [-0.2, 0) is 14.4 Å². The van der Waals surface area contributed by atoms with E-state index in [0.29, 0.717) is 37.5 Å². The summed E-state index contributed by atoms with van der Waals surface area (Å²) < 4.78 is 0. The van der Waals surface area contributed by atoms with E-state index in [2.05, 4.69) is 26.6 Å². The summed E-state index contributed by atoms with van der Waals surface area (Å²) in [4.78, 5) is 93.7. The van der Waals surface area contributed by atoms with Crippen LogP contribution in [0, 0.1) is 0 Å². The molecule has 0 saturated carbocycles. The van der Waals surface area contributed by atoms with Crippen LogP contribution in [0.4, 0.5) is 0 Å². The average molecular weight is 564 g/mol. The summed E-state index contributed by atoms with van der Waals surface area (Å²) in [6.07, 6.45) is -1.37. The van der Waals surface area contributed by atoms with E-state index in [1.54, 1.807) is 0 Å². The molecule has 0 aromatic heterocycles. The third-order valence-corrected chi connectivity index (χ3v) is 5.37. The van der Waals surface area contributed by atoms with Gasteiger partial charge < -0.3 is 36.4 Å². The Morgan fingerprint density at radius 2 is 1.09 bits per heavy atom. The quantitative estimate of drug-likeness (QED) is 0.0404. The van der Waals surface area contributed by atoms with Crippen molar-refractivity contribution in [3.8, 4) is 0 Å². The Kier molecular flexibility index (Phi) is 26.4. The molecule has 0 unspecified atom stereocenters. The van der Waals surface area contributed by atoms with E-state index in [9.17, 15) is 24.2 Å². The normalized spacial score (nSPS) is 11.3. The van der Waals surface area contributed by atoms with Gasteiger partial charge in [0.05, 0.1) is 6.54 Å². The first-order valence-corrected chi connectivity index (χ1v) is 13.9. The van der Waals surface area contributed by atoms with E-state index in [1.807, 2.05) is 6.92 Å². The number of nitrogens with one attached hydrogen (secondary N) is 5. The molecule has 3 amide bonds. The minimum Gasteiger partial charge on any atom is -0.631 e. The van der Waals surface area contributed by atoms with Gasteiger partial charge >= 0.3 is 59.1 Å². The van der Waals surface area contributed by atoms with Crippen LogP contribution in [0.2, 0.25) is 0 Å². The third-order valence-electron chi connectivity index (χ3n) is 3.84. The topological polar surface area (TPSA) is 242 Å².